The van der Waals surface area contributed by atoms with Crippen molar-refractivity contribution in [3.05, 3.63) is 65.6 Å². The van der Waals surface area contributed by atoms with Crippen molar-refractivity contribution < 1.29 is 8.91 Å². The highest BCUT2D eigenvalue weighted by Gasteiger charge is 2.18. The Bertz CT molecular complexity index is 1140. The highest BCUT2D eigenvalue weighted by molar-refractivity contribution is 5.71. The summed E-state index contributed by atoms with van der Waals surface area (Å²) in [5.41, 5.74) is 4.42. The van der Waals surface area contributed by atoms with E-state index in [9.17, 15) is 4.39 Å². The van der Waals surface area contributed by atoms with E-state index in [-0.39, 0.29) is 17.3 Å². The summed E-state index contributed by atoms with van der Waals surface area (Å²) in [7, 11) is 0. The summed E-state index contributed by atoms with van der Waals surface area (Å²) in [6.45, 7) is 5.45. The van der Waals surface area contributed by atoms with E-state index in [2.05, 4.69) is 25.1 Å². The average molecular weight is 361 g/mol. The van der Waals surface area contributed by atoms with Crippen LogP contribution in [0.25, 0.3) is 34.1 Å². The molecule has 0 radical (unpaired) electrons. The Balaban J connectivity index is 1.81. The van der Waals surface area contributed by atoms with E-state index in [0.717, 1.165) is 16.7 Å². The molecule has 0 aliphatic carbocycles. The van der Waals surface area contributed by atoms with Crippen LogP contribution in [0.1, 0.15) is 16.8 Å². The lowest BCUT2D eigenvalue weighted by Gasteiger charge is -2.09. The number of nitrogens with zero attached hydrogens (tertiary/aromatic N) is 5. The van der Waals surface area contributed by atoms with E-state index in [1.54, 1.807) is 37.8 Å². The fraction of sp³-hybridized carbons (Fsp3) is 0.150. The molecule has 0 unspecified atom stereocenters. The Morgan fingerprint density at radius 1 is 0.926 bits per heavy atom. The van der Waals surface area contributed by atoms with Gasteiger partial charge in [0.15, 0.2) is 5.82 Å². The van der Waals surface area contributed by atoms with Gasteiger partial charge < -0.3 is 4.52 Å². The number of aromatic nitrogens is 5. The molecule has 0 spiro atoms. The van der Waals surface area contributed by atoms with E-state index in [4.69, 9.17) is 4.52 Å². The molecule has 6 nitrogen and oxygen atoms in total. The van der Waals surface area contributed by atoms with Gasteiger partial charge in [-0.05, 0) is 50.1 Å². The maximum atomic E-state index is 14.7. The first-order valence-electron chi connectivity index (χ1n) is 8.37. The molecule has 0 saturated carbocycles. The molecule has 7 heteroatoms. The van der Waals surface area contributed by atoms with Gasteiger partial charge in [-0.15, -0.1) is 0 Å². The second kappa shape index (κ2) is 6.68. The molecule has 0 aliphatic heterocycles. The minimum absolute atomic E-state index is 0.259. The van der Waals surface area contributed by atoms with Gasteiger partial charge in [-0.25, -0.2) is 9.37 Å². The van der Waals surface area contributed by atoms with Crippen molar-refractivity contribution in [1.82, 2.24) is 25.1 Å². The van der Waals surface area contributed by atoms with Crippen LogP contribution < -0.4 is 0 Å². The van der Waals surface area contributed by atoms with Gasteiger partial charge in [0.1, 0.15) is 5.69 Å². The predicted octanol–water partition coefficient (Wildman–Crippen LogP) is 4.32. The quantitative estimate of drug-likeness (QED) is 0.541. The molecule has 0 aromatic carbocycles. The van der Waals surface area contributed by atoms with Crippen molar-refractivity contribution in [3.8, 4) is 34.1 Å². The van der Waals surface area contributed by atoms with Gasteiger partial charge in [0.25, 0.3) is 5.89 Å². The smallest absolute Gasteiger partial charge is 0.259 e. The Labute approximate surface area is 155 Å². The van der Waals surface area contributed by atoms with Gasteiger partial charge in [0.05, 0.1) is 11.3 Å². The second-order valence-corrected chi connectivity index (χ2v) is 6.32. The lowest BCUT2D eigenvalue weighted by molar-refractivity contribution is 0.432. The van der Waals surface area contributed by atoms with E-state index in [1.807, 2.05) is 26.0 Å². The van der Waals surface area contributed by atoms with Crippen LogP contribution in [0.3, 0.4) is 0 Å². The minimum atomic E-state index is -0.388. The first kappa shape index (κ1) is 17.0. The van der Waals surface area contributed by atoms with Crippen LogP contribution in [-0.4, -0.2) is 25.1 Å². The van der Waals surface area contributed by atoms with Crippen LogP contribution in [0.5, 0.6) is 0 Å². The van der Waals surface area contributed by atoms with Gasteiger partial charge in [-0.1, -0.05) is 5.16 Å². The number of hydrogen-bond acceptors (Lipinski definition) is 6. The molecule has 4 rings (SSSR count). The zero-order valence-corrected chi connectivity index (χ0v) is 15.1. The second-order valence-electron chi connectivity index (χ2n) is 6.32. The van der Waals surface area contributed by atoms with E-state index in [0.29, 0.717) is 22.7 Å². The van der Waals surface area contributed by atoms with Crippen LogP contribution in [-0.2, 0) is 0 Å². The zero-order chi connectivity index (χ0) is 19.0. The van der Waals surface area contributed by atoms with Crippen molar-refractivity contribution in [2.75, 3.05) is 0 Å². The third-order valence-electron chi connectivity index (χ3n) is 4.23. The summed E-state index contributed by atoms with van der Waals surface area (Å²) >= 11 is 0. The van der Waals surface area contributed by atoms with Gasteiger partial charge in [0, 0.05) is 35.9 Å². The van der Waals surface area contributed by atoms with Crippen molar-refractivity contribution in [2.24, 2.45) is 0 Å². The zero-order valence-electron chi connectivity index (χ0n) is 15.1. The number of aryl methyl sites for hydroxylation is 3. The van der Waals surface area contributed by atoms with Crippen LogP contribution in [0, 0.1) is 26.6 Å². The summed E-state index contributed by atoms with van der Waals surface area (Å²) in [5.74, 6) is 0.239. The summed E-state index contributed by atoms with van der Waals surface area (Å²) in [4.78, 5) is 16.9. The fourth-order valence-electron chi connectivity index (χ4n) is 2.83. The molecule has 0 saturated heterocycles. The van der Waals surface area contributed by atoms with E-state index in [1.165, 1.54) is 0 Å². The molecule has 0 N–H and O–H groups in total. The van der Waals surface area contributed by atoms with E-state index < -0.39 is 0 Å². The molecule has 134 valence electrons. The molecule has 0 fully saturated rings. The standard InChI is InChI=1S/C20H16FN5O/c1-11-6-14(9-23-8-11)20-25-19(26-27-20)17-7-15(18(21)13(3)24-17)16-10-22-5-4-12(16)2/h4-10H,1-3H3. The molecule has 0 aliphatic rings. The van der Waals surface area contributed by atoms with Crippen molar-refractivity contribution in [1.29, 1.82) is 0 Å². The van der Waals surface area contributed by atoms with Crippen LogP contribution in [0.4, 0.5) is 4.39 Å². The maximum Gasteiger partial charge on any atom is 0.259 e. The molecule has 4 aromatic rings. The molecule has 0 amide bonds. The van der Waals surface area contributed by atoms with Gasteiger partial charge in [-0.2, -0.15) is 4.98 Å². The Morgan fingerprint density at radius 2 is 1.78 bits per heavy atom. The molecule has 0 atom stereocenters. The third-order valence-corrected chi connectivity index (χ3v) is 4.23. The third kappa shape index (κ3) is 3.19. The predicted molar refractivity (Wildman–Crippen MR) is 98.2 cm³/mol. The lowest BCUT2D eigenvalue weighted by Crippen LogP contribution is -1.98. The minimum Gasteiger partial charge on any atom is -0.333 e. The molecule has 0 bridgehead atoms. The number of halogens is 1. The van der Waals surface area contributed by atoms with Crippen molar-refractivity contribution in [3.63, 3.8) is 0 Å². The van der Waals surface area contributed by atoms with Crippen LogP contribution >= 0.6 is 0 Å². The first-order valence-corrected chi connectivity index (χ1v) is 8.37. The Hall–Kier alpha value is -3.48. The van der Waals surface area contributed by atoms with Gasteiger partial charge >= 0.3 is 0 Å². The lowest BCUT2D eigenvalue weighted by atomic mass is 10.0. The summed E-state index contributed by atoms with van der Waals surface area (Å²) in [6.07, 6.45) is 6.70. The van der Waals surface area contributed by atoms with Gasteiger partial charge in [-0.3, -0.25) is 9.97 Å². The summed E-state index contributed by atoms with van der Waals surface area (Å²) in [5, 5.41) is 4.01. The fourth-order valence-corrected chi connectivity index (χ4v) is 2.83. The van der Waals surface area contributed by atoms with E-state index >= 15 is 0 Å². The summed E-state index contributed by atoms with van der Waals surface area (Å²) < 4.78 is 20.1. The van der Waals surface area contributed by atoms with Crippen LogP contribution in [0.2, 0.25) is 0 Å². The largest absolute Gasteiger partial charge is 0.333 e. The number of rotatable bonds is 3. The Kier molecular flexibility index (Phi) is 4.19. The number of hydrogen-bond donors (Lipinski definition) is 0. The maximum absolute atomic E-state index is 14.7. The SMILES string of the molecule is Cc1cncc(-c2nc(-c3cc(-c4cnccc4C)c(F)c(C)n3)no2)c1. The molecular weight excluding hydrogens is 345 g/mol. The normalized spacial score (nSPS) is 11.0. The number of pyridine rings is 3. The molecule has 27 heavy (non-hydrogen) atoms. The first-order chi connectivity index (χ1) is 13.0. The van der Waals surface area contributed by atoms with Gasteiger partial charge in [0.2, 0.25) is 5.82 Å². The average Bonchev–Trinajstić information content (AvgIpc) is 3.15. The van der Waals surface area contributed by atoms with Crippen molar-refractivity contribution >= 4 is 0 Å². The van der Waals surface area contributed by atoms with Crippen molar-refractivity contribution in [2.45, 2.75) is 20.8 Å². The molecule has 4 aromatic heterocycles. The highest BCUT2D eigenvalue weighted by atomic mass is 19.1. The Morgan fingerprint density at radius 3 is 2.56 bits per heavy atom. The highest BCUT2D eigenvalue weighted by Crippen LogP contribution is 2.30. The topological polar surface area (TPSA) is 77.6 Å². The molecular formula is C20H16FN5O. The summed E-state index contributed by atoms with van der Waals surface area (Å²) in [6, 6.07) is 5.36. The monoisotopic (exact) mass is 361 g/mol. The van der Waals surface area contributed by atoms with Crippen LogP contribution in [0.15, 0.2) is 47.5 Å². The molecule has 4 heterocycles.